The van der Waals surface area contributed by atoms with Gasteiger partial charge in [0.1, 0.15) is 29.5 Å². The molecule has 5 N–H and O–H groups in total. The molecule has 10 nitrogen and oxygen atoms in total. The lowest BCUT2D eigenvalue weighted by Gasteiger charge is -2.61. The Hall–Kier alpha value is -2.44. The Balaban J connectivity index is 2.07. The van der Waals surface area contributed by atoms with Crippen molar-refractivity contribution >= 4 is 11.8 Å². The molecule has 2 saturated carbocycles. The summed E-state index contributed by atoms with van der Waals surface area (Å²) in [6.07, 6.45) is -5.40. The average Bonchev–Trinajstić information content (AvgIpc) is 3.68. The summed E-state index contributed by atoms with van der Waals surface area (Å²) in [4.78, 5) is 26.3. The molecule has 0 unspecified atom stereocenters. The van der Waals surface area contributed by atoms with Gasteiger partial charge in [0.05, 0.1) is 23.9 Å². The molecule has 3 fully saturated rings. The van der Waals surface area contributed by atoms with Gasteiger partial charge in [-0.2, -0.15) is 0 Å². The van der Waals surface area contributed by atoms with Gasteiger partial charge in [0.2, 0.25) is 0 Å². The van der Waals surface area contributed by atoms with Crippen LogP contribution < -0.4 is 0 Å². The fourth-order valence-corrected chi connectivity index (χ4v) is 7.40. The number of Topliss-reactive ketones (excluding diaryl/α,β-unsaturated/α-hetero) is 1. The fraction of sp³-hybridized carbons (Fsp3) is 0.625. The molecule has 0 aromatic heterocycles. The van der Waals surface area contributed by atoms with Crippen LogP contribution in [0.15, 0.2) is 54.1 Å². The van der Waals surface area contributed by atoms with E-state index in [4.69, 9.17) is 14.2 Å². The molecule has 2 aliphatic carbocycles. The quantitative estimate of drug-likeness (QED) is 0.131. The second-order valence-electron chi connectivity index (χ2n) is 12.8. The number of benzene rings is 1. The van der Waals surface area contributed by atoms with Crippen LogP contribution in [0.5, 0.6) is 0 Å². The van der Waals surface area contributed by atoms with Crippen molar-refractivity contribution in [2.45, 2.75) is 107 Å². The normalized spacial score (nSPS) is 41.7. The van der Waals surface area contributed by atoms with Gasteiger partial charge in [0, 0.05) is 25.2 Å². The number of carbonyl (C=O) groups excluding carboxylic acids is 2. The van der Waals surface area contributed by atoms with Gasteiger partial charge in [0.15, 0.2) is 11.4 Å². The minimum absolute atomic E-state index is 0.0974. The number of epoxide rings is 1. The maximum atomic E-state index is 13.9. The van der Waals surface area contributed by atoms with E-state index < -0.39 is 89.0 Å². The van der Waals surface area contributed by atoms with Crippen LogP contribution in [-0.2, 0) is 29.4 Å². The molecular formula is C32H44O10. The predicted molar refractivity (Wildman–Crippen MR) is 152 cm³/mol. The highest BCUT2D eigenvalue weighted by Crippen LogP contribution is 2.64. The Morgan fingerprint density at radius 2 is 1.74 bits per heavy atom. The summed E-state index contributed by atoms with van der Waals surface area (Å²) in [6.45, 7) is 14.0. The van der Waals surface area contributed by atoms with Gasteiger partial charge in [-0.05, 0) is 51.3 Å². The third kappa shape index (κ3) is 4.51. The first-order valence-electron chi connectivity index (χ1n) is 14.3. The van der Waals surface area contributed by atoms with Crippen LogP contribution in [-0.4, -0.2) is 90.7 Å². The van der Waals surface area contributed by atoms with E-state index >= 15 is 0 Å². The van der Waals surface area contributed by atoms with Gasteiger partial charge in [-0.15, -0.1) is 0 Å². The van der Waals surface area contributed by atoms with Crippen LogP contribution in [0.3, 0.4) is 0 Å². The highest BCUT2D eigenvalue weighted by atomic mass is 16.6. The monoisotopic (exact) mass is 588 g/mol. The Kier molecular flexibility index (Phi) is 8.21. The molecule has 0 bridgehead atoms. The Morgan fingerprint density at radius 3 is 2.24 bits per heavy atom. The number of allylic oxidation sites excluding steroid dienone is 1. The van der Waals surface area contributed by atoms with Crippen molar-refractivity contribution in [2.75, 3.05) is 6.61 Å². The third-order valence-corrected chi connectivity index (χ3v) is 9.89. The van der Waals surface area contributed by atoms with E-state index in [0.29, 0.717) is 0 Å². The number of hydrogen-bond acceptors (Lipinski definition) is 10. The second-order valence-corrected chi connectivity index (χ2v) is 12.8. The molecule has 1 aliphatic heterocycles. The fourth-order valence-electron chi connectivity index (χ4n) is 7.40. The van der Waals surface area contributed by atoms with Gasteiger partial charge >= 0.3 is 5.97 Å². The van der Waals surface area contributed by atoms with Gasteiger partial charge in [-0.3, -0.25) is 9.59 Å². The zero-order valence-electron chi connectivity index (χ0n) is 25.3. The predicted octanol–water partition coefficient (Wildman–Crippen LogP) is 1.70. The lowest BCUT2D eigenvalue weighted by molar-refractivity contribution is -0.310. The van der Waals surface area contributed by atoms with E-state index in [1.807, 2.05) is 30.3 Å². The topological polar surface area (TPSA) is 166 Å². The number of aliphatic hydroxyl groups excluding tert-OH is 3. The van der Waals surface area contributed by atoms with E-state index in [0.717, 1.165) is 5.56 Å². The molecular weight excluding hydrogens is 544 g/mol. The zero-order chi connectivity index (χ0) is 31.6. The minimum Gasteiger partial charge on any atom is -0.459 e. The molecule has 4 rings (SSSR count). The summed E-state index contributed by atoms with van der Waals surface area (Å²) in [5, 5.41) is 58.7. The van der Waals surface area contributed by atoms with Gasteiger partial charge in [-0.1, -0.05) is 49.9 Å². The molecule has 0 spiro atoms. The molecule has 10 atom stereocenters. The van der Waals surface area contributed by atoms with Crippen LogP contribution in [0.2, 0.25) is 0 Å². The molecule has 0 amide bonds. The van der Waals surface area contributed by atoms with Crippen molar-refractivity contribution in [1.29, 1.82) is 0 Å². The number of esters is 1. The van der Waals surface area contributed by atoms with E-state index in [9.17, 15) is 35.1 Å². The van der Waals surface area contributed by atoms with E-state index in [1.165, 1.54) is 26.8 Å². The van der Waals surface area contributed by atoms with Crippen LogP contribution >= 0.6 is 0 Å². The summed E-state index contributed by atoms with van der Waals surface area (Å²) in [5.74, 6) is -3.81. The highest BCUT2D eigenvalue weighted by Gasteiger charge is 2.82. The number of aliphatic hydroxyl groups is 5. The van der Waals surface area contributed by atoms with Gasteiger partial charge in [0.25, 0.3) is 0 Å². The number of ether oxygens (including phenoxy) is 3. The number of fused-ring (bicyclic) bond motifs is 3. The van der Waals surface area contributed by atoms with E-state index in [1.54, 1.807) is 27.7 Å². The summed E-state index contributed by atoms with van der Waals surface area (Å²) < 4.78 is 18.7. The molecule has 1 aromatic carbocycles. The maximum Gasteiger partial charge on any atom is 0.303 e. The summed E-state index contributed by atoms with van der Waals surface area (Å²) in [5.41, 5.74) is -8.57. The standard InChI is InChI=1S/C32H44O10/c1-9-18(4)23(35)29(38)15-30(42-28(7,8)21-13-11-10-12-14-21)19(5)25(40-20(6)34)32(39,17(2)3)24(36)22(30)26-31(16-33,41-26)27(29)37/h9-14,19,22,24-27,33,36-39H,2,15-16H2,1,3-8H3/b18-9-/t19-,22-,24-,25-,26+,27+,29-,30-,31+,32-/m1/s1. The van der Waals surface area contributed by atoms with Crippen LogP contribution in [0.1, 0.15) is 60.5 Å². The maximum absolute atomic E-state index is 13.9. The summed E-state index contributed by atoms with van der Waals surface area (Å²) in [7, 11) is 0. The molecule has 1 aromatic rings. The number of ketones is 1. The number of rotatable bonds is 8. The van der Waals surface area contributed by atoms with Crippen molar-refractivity contribution in [3.8, 4) is 0 Å². The summed E-state index contributed by atoms with van der Waals surface area (Å²) >= 11 is 0. The van der Waals surface area contributed by atoms with Gasteiger partial charge < -0.3 is 39.7 Å². The lowest BCUT2D eigenvalue weighted by Crippen LogP contribution is -2.75. The molecule has 232 valence electrons. The lowest BCUT2D eigenvalue weighted by atomic mass is 9.55. The average molecular weight is 589 g/mol. The molecule has 0 radical (unpaired) electrons. The highest BCUT2D eigenvalue weighted by molar-refractivity contribution is 6.02. The largest absolute Gasteiger partial charge is 0.459 e. The number of hydrogen-bond donors (Lipinski definition) is 5. The molecule has 10 heteroatoms. The first kappa shape index (κ1) is 32.5. The molecule has 3 aliphatic rings. The summed E-state index contributed by atoms with van der Waals surface area (Å²) in [6, 6.07) is 9.15. The smallest absolute Gasteiger partial charge is 0.303 e. The first-order valence-corrected chi connectivity index (χ1v) is 14.3. The van der Waals surface area contributed by atoms with E-state index in [-0.39, 0.29) is 11.1 Å². The van der Waals surface area contributed by atoms with Crippen LogP contribution in [0.4, 0.5) is 0 Å². The minimum atomic E-state index is -2.57. The van der Waals surface area contributed by atoms with Crippen molar-refractivity contribution < 1.29 is 49.3 Å². The molecule has 42 heavy (non-hydrogen) atoms. The second kappa shape index (κ2) is 10.6. The van der Waals surface area contributed by atoms with E-state index in [2.05, 4.69) is 6.58 Å². The van der Waals surface area contributed by atoms with Crippen molar-refractivity contribution in [3.05, 3.63) is 59.7 Å². The van der Waals surface area contributed by atoms with Crippen molar-refractivity contribution in [1.82, 2.24) is 0 Å². The SMILES string of the molecule is C=C(C)[C@@]1(O)[C@H](O)[C@@H]2[C@@H]3O[C@]3(CO)[C@@H](O)[C@](O)(C(=O)/C(C)=C\C)C[C@@]2(OC(C)(C)c2ccccc2)[C@H](C)[C@H]1OC(C)=O. The molecule has 1 saturated heterocycles. The van der Waals surface area contributed by atoms with Crippen molar-refractivity contribution in [2.24, 2.45) is 11.8 Å². The van der Waals surface area contributed by atoms with Crippen molar-refractivity contribution in [3.63, 3.8) is 0 Å². The van der Waals surface area contributed by atoms with Gasteiger partial charge in [-0.25, -0.2) is 0 Å². The Bertz CT molecular complexity index is 1280. The third-order valence-electron chi connectivity index (χ3n) is 9.89. The van der Waals surface area contributed by atoms with Crippen LogP contribution in [0, 0.1) is 11.8 Å². The zero-order valence-corrected chi connectivity index (χ0v) is 25.3. The Morgan fingerprint density at radius 1 is 1.14 bits per heavy atom. The Labute approximate surface area is 246 Å². The first-order chi connectivity index (χ1) is 19.4. The number of carbonyl (C=O) groups is 2. The van der Waals surface area contributed by atoms with Crippen LogP contribution in [0.25, 0.3) is 0 Å². The molecule has 1 heterocycles.